The molecular formula is C19H19ClN2O5. The topological polar surface area (TPSA) is 98.6 Å². The second-order valence-corrected chi connectivity index (χ2v) is 6.81. The number of carboxylic acid groups (broad SMARTS) is 1. The molecule has 1 heterocycles. The number of hydrogen-bond acceptors (Lipinski definition) is 6. The van der Waals surface area contributed by atoms with E-state index < -0.39 is 11.9 Å². The molecule has 1 saturated carbocycles. The molecule has 0 bridgehead atoms. The third kappa shape index (κ3) is 5.17. The van der Waals surface area contributed by atoms with Gasteiger partial charge in [-0.05, 0) is 43.2 Å². The summed E-state index contributed by atoms with van der Waals surface area (Å²) in [7, 11) is 0. The maximum atomic E-state index is 12.0. The summed E-state index contributed by atoms with van der Waals surface area (Å²) in [5.74, 6) is -0.311. The number of carboxylic acids is 1. The predicted octanol–water partition coefficient (Wildman–Crippen LogP) is 4.27. The Kier molecular flexibility index (Phi) is 5.91. The van der Waals surface area contributed by atoms with E-state index in [0.29, 0.717) is 11.7 Å². The van der Waals surface area contributed by atoms with Crippen LogP contribution in [0.2, 0.25) is 5.15 Å². The summed E-state index contributed by atoms with van der Waals surface area (Å²) in [4.78, 5) is 22.6. The second-order valence-electron chi connectivity index (χ2n) is 6.43. The van der Waals surface area contributed by atoms with E-state index in [1.165, 1.54) is 6.07 Å². The van der Waals surface area contributed by atoms with E-state index in [1.807, 2.05) is 25.1 Å². The number of benzene rings is 1. The maximum Gasteiger partial charge on any atom is 0.311 e. The van der Waals surface area contributed by atoms with E-state index in [9.17, 15) is 9.59 Å². The third-order valence-corrected chi connectivity index (χ3v) is 4.34. The number of aryl methyl sites for hydroxylation is 1. The number of carbonyl (C=O) groups excluding carboxylic acids is 1. The molecule has 0 aliphatic heterocycles. The number of carbonyl (C=O) groups is 2. The van der Waals surface area contributed by atoms with Crippen LogP contribution in [0.25, 0.3) is 0 Å². The molecule has 1 fully saturated rings. The molecule has 1 aromatic carbocycles. The van der Waals surface area contributed by atoms with Crippen LogP contribution < -0.4 is 9.47 Å². The summed E-state index contributed by atoms with van der Waals surface area (Å²) < 4.78 is 11.3. The minimum absolute atomic E-state index is 0.0383. The van der Waals surface area contributed by atoms with Gasteiger partial charge in [-0.25, -0.2) is 0 Å². The standard InChI is InChI=1S/C19H19ClN2O5/c1-11-4-2-5-13(12-8-9-12)18(11)27-19-14(10-15(20)21-22-19)26-17(25)7-3-6-16(23)24/h2,4-5,10,12H,3,6-9H2,1H3,(H,23,24). The first-order valence-corrected chi connectivity index (χ1v) is 9.05. The zero-order chi connectivity index (χ0) is 19.4. The van der Waals surface area contributed by atoms with Gasteiger partial charge in [0.15, 0.2) is 10.9 Å². The van der Waals surface area contributed by atoms with Crippen LogP contribution >= 0.6 is 11.6 Å². The molecule has 0 spiro atoms. The molecule has 0 amide bonds. The van der Waals surface area contributed by atoms with Crippen LogP contribution in [-0.2, 0) is 9.59 Å². The van der Waals surface area contributed by atoms with Gasteiger partial charge in [-0.2, -0.15) is 0 Å². The highest BCUT2D eigenvalue weighted by Crippen LogP contribution is 2.46. The first kappa shape index (κ1) is 19.1. The summed E-state index contributed by atoms with van der Waals surface area (Å²) >= 11 is 5.87. The van der Waals surface area contributed by atoms with E-state index in [1.54, 1.807) is 0 Å². The van der Waals surface area contributed by atoms with Crippen LogP contribution in [-0.4, -0.2) is 27.2 Å². The molecule has 142 valence electrons. The van der Waals surface area contributed by atoms with Crippen molar-refractivity contribution in [2.45, 2.75) is 44.9 Å². The molecule has 2 aromatic rings. The Labute approximate surface area is 161 Å². The monoisotopic (exact) mass is 390 g/mol. The molecule has 7 nitrogen and oxygen atoms in total. The highest BCUT2D eigenvalue weighted by atomic mass is 35.5. The molecule has 27 heavy (non-hydrogen) atoms. The number of halogens is 1. The highest BCUT2D eigenvalue weighted by molar-refractivity contribution is 6.29. The Bertz CT molecular complexity index is 867. The van der Waals surface area contributed by atoms with Gasteiger partial charge in [-0.15, -0.1) is 10.2 Å². The molecule has 3 rings (SSSR count). The average Bonchev–Trinajstić information content (AvgIpc) is 3.43. The molecule has 0 unspecified atom stereocenters. The lowest BCUT2D eigenvalue weighted by atomic mass is 10.1. The van der Waals surface area contributed by atoms with Crippen LogP contribution in [0.4, 0.5) is 0 Å². The fourth-order valence-electron chi connectivity index (χ4n) is 2.67. The number of esters is 1. The number of hydrogen-bond donors (Lipinski definition) is 1. The molecule has 0 atom stereocenters. The van der Waals surface area contributed by atoms with Crippen molar-refractivity contribution < 1.29 is 24.2 Å². The predicted molar refractivity (Wildman–Crippen MR) is 97.4 cm³/mol. The number of aromatic nitrogens is 2. The quantitative estimate of drug-likeness (QED) is 0.672. The van der Waals surface area contributed by atoms with Crippen molar-refractivity contribution in [2.75, 3.05) is 0 Å². The normalized spacial score (nSPS) is 13.3. The van der Waals surface area contributed by atoms with Crippen molar-refractivity contribution in [3.8, 4) is 17.4 Å². The number of para-hydroxylation sites is 1. The lowest BCUT2D eigenvalue weighted by Gasteiger charge is -2.14. The van der Waals surface area contributed by atoms with Crippen LogP contribution in [0.1, 0.15) is 49.1 Å². The van der Waals surface area contributed by atoms with Crippen LogP contribution in [0.5, 0.6) is 17.4 Å². The number of rotatable bonds is 8. The Hall–Kier alpha value is -2.67. The maximum absolute atomic E-state index is 12.0. The summed E-state index contributed by atoms with van der Waals surface area (Å²) in [5.41, 5.74) is 2.03. The molecule has 1 aromatic heterocycles. The Morgan fingerprint density at radius 2 is 2.04 bits per heavy atom. The van der Waals surface area contributed by atoms with Gasteiger partial charge < -0.3 is 14.6 Å². The van der Waals surface area contributed by atoms with Crippen LogP contribution in [0.3, 0.4) is 0 Å². The molecule has 0 radical (unpaired) electrons. The first-order valence-electron chi connectivity index (χ1n) is 8.67. The first-order chi connectivity index (χ1) is 12.9. The lowest BCUT2D eigenvalue weighted by molar-refractivity contribution is -0.137. The Morgan fingerprint density at radius 3 is 2.74 bits per heavy atom. The van der Waals surface area contributed by atoms with Gasteiger partial charge in [0.1, 0.15) is 5.75 Å². The second kappa shape index (κ2) is 8.35. The molecule has 1 aliphatic rings. The third-order valence-electron chi connectivity index (χ3n) is 4.15. The lowest BCUT2D eigenvalue weighted by Crippen LogP contribution is -2.10. The largest absolute Gasteiger partial charge is 0.481 e. The van der Waals surface area contributed by atoms with Gasteiger partial charge in [0.2, 0.25) is 0 Å². The summed E-state index contributed by atoms with van der Waals surface area (Å²) in [5, 5.41) is 16.4. The van der Waals surface area contributed by atoms with Crippen molar-refractivity contribution in [1.82, 2.24) is 10.2 Å². The van der Waals surface area contributed by atoms with Crippen LogP contribution in [0.15, 0.2) is 24.3 Å². The minimum atomic E-state index is -0.965. The zero-order valence-electron chi connectivity index (χ0n) is 14.8. The van der Waals surface area contributed by atoms with Crippen molar-refractivity contribution in [3.63, 3.8) is 0 Å². The van der Waals surface area contributed by atoms with Gasteiger partial charge in [0.05, 0.1) is 0 Å². The van der Waals surface area contributed by atoms with Crippen molar-refractivity contribution in [3.05, 3.63) is 40.5 Å². The highest BCUT2D eigenvalue weighted by Gasteiger charge is 2.28. The van der Waals surface area contributed by atoms with Crippen molar-refractivity contribution in [2.24, 2.45) is 0 Å². The summed E-state index contributed by atoms with van der Waals surface area (Å²) in [6.45, 7) is 1.93. The molecular weight excluding hydrogens is 372 g/mol. The number of ether oxygens (including phenoxy) is 2. The molecule has 1 aliphatic carbocycles. The van der Waals surface area contributed by atoms with E-state index >= 15 is 0 Å². The summed E-state index contributed by atoms with van der Waals surface area (Å²) in [6, 6.07) is 7.28. The van der Waals surface area contributed by atoms with Gasteiger partial charge in [0, 0.05) is 18.9 Å². The SMILES string of the molecule is Cc1cccc(C2CC2)c1Oc1nnc(Cl)cc1OC(=O)CCCC(=O)O. The van der Waals surface area contributed by atoms with Gasteiger partial charge in [-0.3, -0.25) is 9.59 Å². The molecule has 0 saturated heterocycles. The Balaban J connectivity index is 1.79. The summed E-state index contributed by atoms with van der Waals surface area (Å²) in [6.07, 6.45) is 2.25. The smallest absolute Gasteiger partial charge is 0.311 e. The fraction of sp³-hybridized carbons (Fsp3) is 0.368. The van der Waals surface area contributed by atoms with E-state index in [2.05, 4.69) is 10.2 Å². The van der Waals surface area contributed by atoms with Gasteiger partial charge >= 0.3 is 11.9 Å². The van der Waals surface area contributed by atoms with Crippen LogP contribution in [0, 0.1) is 6.92 Å². The van der Waals surface area contributed by atoms with E-state index in [0.717, 1.165) is 24.0 Å². The van der Waals surface area contributed by atoms with Crippen molar-refractivity contribution >= 4 is 23.5 Å². The van der Waals surface area contributed by atoms with E-state index in [-0.39, 0.29) is 36.0 Å². The van der Waals surface area contributed by atoms with Crippen molar-refractivity contribution in [1.29, 1.82) is 0 Å². The van der Waals surface area contributed by atoms with Gasteiger partial charge in [0.25, 0.3) is 5.88 Å². The van der Waals surface area contributed by atoms with E-state index in [4.69, 9.17) is 26.2 Å². The Morgan fingerprint density at radius 1 is 1.26 bits per heavy atom. The minimum Gasteiger partial charge on any atom is -0.481 e. The molecule has 1 N–H and O–H groups in total. The zero-order valence-corrected chi connectivity index (χ0v) is 15.5. The molecule has 8 heteroatoms. The number of nitrogens with zero attached hydrogens (tertiary/aromatic N) is 2. The number of aliphatic carboxylic acids is 1. The average molecular weight is 391 g/mol. The fourth-order valence-corrected chi connectivity index (χ4v) is 2.81. The van der Waals surface area contributed by atoms with Gasteiger partial charge in [-0.1, -0.05) is 29.8 Å².